The number of hydrogen-bond acceptors (Lipinski definition) is 3. The van der Waals surface area contributed by atoms with Gasteiger partial charge in [0, 0.05) is 6.07 Å². The largest absolute Gasteiger partial charge is 0.359 e. The highest BCUT2D eigenvalue weighted by molar-refractivity contribution is 6.27. The number of nitrogens with zero attached hydrogens (tertiary/aromatic N) is 1. The van der Waals surface area contributed by atoms with Gasteiger partial charge in [0.1, 0.15) is 5.88 Å². The lowest BCUT2D eigenvalue weighted by molar-refractivity contribution is -0.119. The van der Waals surface area contributed by atoms with E-state index < -0.39 is 0 Å². The van der Waals surface area contributed by atoms with Crippen molar-refractivity contribution in [1.82, 2.24) is 10.5 Å². The van der Waals surface area contributed by atoms with Crippen LogP contribution in [0.25, 0.3) is 0 Å². The molecule has 4 nitrogen and oxygen atoms in total. The summed E-state index contributed by atoms with van der Waals surface area (Å²) >= 11 is 5.33. The van der Waals surface area contributed by atoms with Crippen LogP contribution < -0.4 is 5.32 Å². The smallest absolute Gasteiger partial charge is 0.235 e. The molecular weight excluding hydrogens is 192 g/mol. The van der Waals surface area contributed by atoms with Crippen LogP contribution in [-0.4, -0.2) is 16.9 Å². The van der Waals surface area contributed by atoms with Crippen LogP contribution in [0.2, 0.25) is 0 Å². The van der Waals surface area contributed by atoms with E-state index in [0.29, 0.717) is 5.76 Å². The number of carbonyl (C=O) groups excluding carboxylic acids is 1. The van der Waals surface area contributed by atoms with E-state index in [0.717, 1.165) is 5.69 Å². The number of amides is 1. The molecule has 1 rings (SSSR count). The molecular formula is C8H11ClN2O2. The number of halogens is 1. The second-order valence-corrected chi connectivity index (χ2v) is 3.06. The summed E-state index contributed by atoms with van der Waals surface area (Å²) in [7, 11) is 0. The highest BCUT2D eigenvalue weighted by Crippen LogP contribution is 2.12. The van der Waals surface area contributed by atoms with E-state index in [-0.39, 0.29) is 17.8 Å². The molecule has 5 heteroatoms. The number of carbonyl (C=O) groups is 1. The highest BCUT2D eigenvalue weighted by atomic mass is 35.5. The van der Waals surface area contributed by atoms with Crippen molar-refractivity contribution in [3.8, 4) is 0 Å². The average molecular weight is 203 g/mol. The van der Waals surface area contributed by atoms with Crippen LogP contribution in [0, 0.1) is 6.92 Å². The second kappa shape index (κ2) is 4.28. The van der Waals surface area contributed by atoms with E-state index in [2.05, 4.69) is 10.5 Å². The van der Waals surface area contributed by atoms with E-state index in [9.17, 15) is 4.79 Å². The SMILES string of the molecule is Cc1cc(C(C)NC(=O)CCl)on1. The zero-order chi connectivity index (χ0) is 9.84. The van der Waals surface area contributed by atoms with Crippen LogP contribution >= 0.6 is 11.6 Å². The molecule has 0 aliphatic rings. The van der Waals surface area contributed by atoms with Crippen LogP contribution in [0.3, 0.4) is 0 Å². The summed E-state index contributed by atoms with van der Waals surface area (Å²) in [4.78, 5) is 10.9. The first-order valence-corrected chi connectivity index (χ1v) is 4.45. The molecule has 1 heterocycles. The van der Waals surface area contributed by atoms with E-state index >= 15 is 0 Å². The Kier molecular flexibility index (Phi) is 3.31. The second-order valence-electron chi connectivity index (χ2n) is 2.79. The first-order chi connectivity index (χ1) is 6.13. The van der Waals surface area contributed by atoms with E-state index in [4.69, 9.17) is 16.1 Å². The van der Waals surface area contributed by atoms with E-state index in [1.165, 1.54) is 0 Å². The molecule has 1 atom stereocenters. The molecule has 1 aromatic rings. The number of alkyl halides is 1. The maximum Gasteiger partial charge on any atom is 0.235 e. The van der Waals surface area contributed by atoms with E-state index in [1.54, 1.807) is 6.07 Å². The van der Waals surface area contributed by atoms with Crippen LogP contribution in [0.5, 0.6) is 0 Å². The third-order valence-corrected chi connectivity index (χ3v) is 1.81. The summed E-state index contributed by atoms with van der Waals surface area (Å²) in [5.41, 5.74) is 0.793. The fourth-order valence-electron chi connectivity index (χ4n) is 0.939. The summed E-state index contributed by atoms with van der Waals surface area (Å²) < 4.78 is 4.96. The van der Waals surface area contributed by atoms with Crippen molar-refractivity contribution in [1.29, 1.82) is 0 Å². The fourth-order valence-corrected chi connectivity index (χ4v) is 1.02. The van der Waals surface area contributed by atoms with Gasteiger partial charge >= 0.3 is 0 Å². The van der Waals surface area contributed by atoms with Crippen molar-refractivity contribution in [3.63, 3.8) is 0 Å². The van der Waals surface area contributed by atoms with Crippen molar-refractivity contribution in [2.24, 2.45) is 0 Å². The summed E-state index contributed by atoms with van der Waals surface area (Å²) in [5, 5.41) is 6.37. The predicted molar refractivity (Wildman–Crippen MR) is 48.5 cm³/mol. The number of aryl methyl sites for hydroxylation is 1. The normalized spacial score (nSPS) is 12.5. The Labute approximate surface area is 81.2 Å². The van der Waals surface area contributed by atoms with Gasteiger partial charge in [-0.3, -0.25) is 4.79 Å². The van der Waals surface area contributed by atoms with Crippen LogP contribution in [0.4, 0.5) is 0 Å². The molecule has 0 aliphatic heterocycles. The quantitative estimate of drug-likeness (QED) is 0.754. The highest BCUT2D eigenvalue weighted by Gasteiger charge is 2.12. The average Bonchev–Trinajstić information content (AvgIpc) is 2.51. The number of hydrogen-bond donors (Lipinski definition) is 1. The van der Waals surface area contributed by atoms with Crippen LogP contribution in [0.15, 0.2) is 10.6 Å². The lowest BCUT2D eigenvalue weighted by Crippen LogP contribution is -2.27. The van der Waals surface area contributed by atoms with Gasteiger partial charge in [-0.1, -0.05) is 5.16 Å². The first kappa shape index (κ1) is 10.1. The zero-order valence-corrected chi connectivity index (χ0v) is 8.26. The molecule has 13 heavy (non-hydrogen) atoms. The molecule has 0 radical (unpaired) electrons. The van der Waals surface area contributed by atoms with Crippen molar-refractivity contribution < 1.29 is 9.32 Å². The Morgan fingerprint density at radius 2 is 2.54 bits per heavy atom. The number of nitrogens with one attached hydrogen (secondary N) is 1. The van der Waals surface area contributed by atoms with Gasteiger partial charge in [0.25, 0.3) is 0 Å². The van der Waals surface area contributed by atoms with Crippen molar-refractivity contribution in [3.05, 3.63) is 17.5 Å². The standard InChI is InChI=1S/C8H11ClN2O2/c1-5-3-7(13-11-5)6(2)10-8(12)4-9/h3,6H,4H2,1-2H3,(H,10,12). The maximum absolute atomic E-state index is 10.9. The first-order valence-electron chi connectivity index (χ1n) is 3.92. The third kappa shape index (κ3) is 2.73. The molecule has 0 saturated heterocycles. The van der Waals surface area contributed by atoms with Gasteiger partial charge in [-0.05, 0) is 13.8 Å². The minimum absolute atomic E-state index is 0.0442. The summed E-state index contributed by atoms with van der Waals surface area (Å²) in [6.07, 6.45) is 0. The summed E-state index contributed by atoms with van der Waals surface area (Å²) in [6.45, 7) is 3.63. The van der Waals surface area contributed by atoms with Crippen LogP contribution in [-0.2, 0) is 4.79 Å². The van der Waals surface area contributed by atoms with Gasteiger partial charge in [-0.15, -0.1) is 11.6 Å². The lowest BCUT2D eigenvalue weighted by atomic mass is 10.2. The molecule has 0 fully saturated rings. The predicted octanol–water partition coefficient (Wildman–Crippen LogP) is 1.40. The van der Waals surface area contributed by atoms with Gasteiger partial charge in [0.15, 0.2) is 5.76 Å². The van der Waals surface area contributed by atoms with E-state index in [1.807, 2.05) is 13.8 Å². The molecule has 1 amide bonds. The Morgan fingerprint density at radius 1 is 1.85 bits per heavy atom. The molecule has 0 aliphatic carbocycles. The van der Waals surface area contributed by atoms with Gasteiger partial charge in [-0.25, -0.2) is 0 Å². The van der Waals surface area contributed by atoms with Gasteiger partial charge in [0.05, 0.1) is 11.7 Å². The van der Waals surface area contributed by atoms with Gasteiger partial charge in [-0.2, -0.15) is 0 Å². The van der Waals surface area contributed by atoms with Gasteiger partial charge in [0.2, 0.25) is 5.91 Å². The minimum Gasteiger partial charge on any atom is -0.359 e. The lowest BCUT2D eigenvalue weighted by Gasteiger charge is -2.08. The number of aromatic nitrogens is 1. The Balaban J connectivity index is 2.58. The van der Waals surface area contributed by atoms with Crippen LogP contribution in [0.1, 0.15) is 24.4 Å². The molecule has 1 unspecified atom stereocenters. The van der Waals surface area contributed by atoms with Crippen molar-refractivity contribution in [2.45, 2.75) is 19.9 Å². The fraction of sp³-hybridized carbons (Fsp3) is 0.500. The maximum atomic E-state index is 10.9. The third-order valence-electron chi connectivity index (χ3n) is 1.57. The molecule has 0 spiro atoms. The molecule has 0 saturated carbocycles. The molecule has 0 aromatic carbocycles. The topological polar surface area (TPSA) is 55.1 Å². The Morgan fingerprint density at radius 3 is 3.00 bits per heavy atom. The van der Waals surface area contributed by atoms with Gasteiger partial charge < -0.3 is 9.84 Å². The molecule has 1 N–H and O–H groups in total. The zero-order valence-electron chi connectivity index (χ0n) is 7.50. The molecule has 0 bridgehead atoms. The number of rotatable bonds is 3. The summed E-state index contributed by atoms with van der Waals surface area (Å²) in [5.74, 6) is 0.372. The Hall–Kier alpha value is -1.03. The molecule has 1 aromatic heterocycles. The van der Waals surface area contributed by atoms with Crippen molar-refractivity contribution in [2.75, 3.05) is 5.88 Å². The minimum atomic E-state index is -0.219. The molecule has 72 valence electrons. The Bertz CT molecular complexity index is 298. The van der Waals surface area contributed by atoms with Crippen molar-refractivity contribution >= 4 is 17.5 Å². The summed E-state index contributed by atoms with van der Waals surface area (Å²) in [6, 6.07) is 1.59. The monoisotopic (exact) mass is 202 g/mol.